The summed E-state index contributed by atoms with van der Waals surface area (Å²) in [6, 6.07) is 12.4. The van der Waals surface area contributed by atoms with Crippen LogP contribution in [0, 0.1) is 0 Å². The maximum Gasteiger partial charge on any atom is 0.160 e. The fourth-order valence-electron chi connectivity index (χ4n) is 3.63. The molecular formula is C20H26NO3+. The Kier molecular flexibility index (Phi) is 4.41. The Bertz CT molecular complexity index is 740. The lowest BCUT2D eigenvalue weighted by Crippen LogP contribution is -2.48. The highest BCUT2D eigenvalue weighted by atomic mass is 16.5. The average molecular weight is 328 g/mol. The van der Waals surface area contributed by atoms with Crippen LogP contribution in [0.5, 0.6) is 17.2 Å². The SMILES string of the molecule is COc1ccc2c(c1)CC[N+](C)(C)[C@H]2Cc1ccc(OC)c(O)c1. The van der Waals surface area contributed by atoms with Gasteiger partial charge in [-0.3, -0.25) is 0 Å². The first kappa shape index (κ1) is 16.7. The molecule has 2 aromatic rings. The van der Waals surface area contributed by atoms with Gasteiger partial charge in [0.25, 0.3) is 0 Å². The maximum absolute atomic E-state index is 10.1. The van der Waals surface area contributed by atoms with Crippen molar-refractivity contribution in [1.82, 2.24) is 0 Å². The van der Waals surface area contributed by atoms with E-state index in [1.165, 1.54) is 11.1 Å². The maximum atomic E-state index is 10.1. The van der Waals surface area contributed by atoms with Crippen molar-refractivity contribution in [2.24, 2.45) is 0 Å². The quantitative estimate of drug-likeness (QED) is 0.875. The number of nitrogens with zero attached hydrogens (tertiary/aromatic N) is 1. The van der Waals surface area contributed by atoms with E-state index >= 15 is 0 Å². The topological polar surface area (TPSA) is 38.7 Å². The molecule has 0 bridgehead atoms. The number of hydrogen-bond donors (Lipinski definition) is 1. The van der Waals surface area contributed by atoms with Gasteiger partial charge in [0.2, 0.25) is 0 Å². The second kappa shape index (κ2) is 6.36. The molecule has 0 radical (unpaired) electrons. The Morgan fingerprint density at radius 1 is 1.08 bits per heavy atom. The van der Waals surface area contributed by atoms with Crippen LogP contribution in [-0.4, -0.2) is 44.4 Å². The van der Waals surface area contributed by atoms with Crippen molar-refractivity contribution in [3.8, 4) is 17.2 Å². The van der Waals surface area contributed by atoms with E-state index in [9.17, 15) is 5.11 Å². The monoisotopic (exact) mass is 328 g/mol. The summed E-state index contributed by atoms with van der Waals surface area (Å²) in [4.78, 5) is 0. The molecule has 2 aromatic carbocycles. The molecule has 0 fully saturated rings. The first-order valence-corrected chi connectivity index (χ1v) is 8.30. The lowest BCUT2D eigenvalue weighted by Gasteiger charge is -2.43. The van der Waals surface area contributed by atoms with Crippen molar-refractivity contribution < 1.29 is 19.1 Å². The van der Waals surface area contributed by atoms with Gasteiger partial charge >= 0.3 is 0 Å². The first-order chi connectivity index (χ1) is 11.4. The number of benzene rings is 2. The number of methoxy groups -OCH3 is 2. The van der Waals surface area contributed by atoms with Gasteiger partial charge in [-0.15, -0.1) is 0 Å². The summed E-state index contributed by atoms with van der Waals surface area (Å²) in [5.41, 5.74) is 3.87. The van der Waals surface area contributed by atoms with Crippen molar-refractivity contribution in [2.45, 2.75) is 18.9 Å². The van der Waals surface area contributed by atoms with Crippen molar-refractivity contribution in [2.75, 3.05) is 34.9 Å². The van der Waals surface area contributed by atoms with Gasteiger partial charge in [-0.2, -0.15) is 0 Å². The van der Waals surface area contributed by atoms with Crippen LogP contribution < -0.4 is 9.47 Å². The van der Waals surface area contributed by atoms with Gasteiger partial charge in [0.15, 0.2) is 11.5 Å². The molecule has 1 aliphatic heterocycles. The van der Waals surface area contributed by atoms with Gasteiger partial charge in [-0.1, -0.05) is 6.07 Å². The molecule has 0 amide bonds. The van der Waals surface area contributed by atoms with Crippen molar-refractivity contribution >= 4 is 0 Å². The van der Waals surface area contributed by atoms with E-state index in [4.69, 9.17) is 9.47 Å². The molecule has 1 heterocycles. The van der Waals surface area contributed by atoms with Crippen LogP contribution in [0.15, 0.2) is 36.4 Å². The van der Waals surface area contributed by atoms with Crippen LogP contribution in [0.3, 0.4) is 0 Å². The highest BCUT2D eigenvalue weighted by Gasteiger charge is 2.36. The molecule has 0 saturated heterocycles. The van der Waals surface area contributed by atoms with Crippen molar-refractivity contribution in [3.63, 3.8) is 0 Å². The number of rotatable bonds is 4. The molecule has 0 aliphatic carbocycles. The summed E-state index contributed by atoms with van der Waals surface area (Å²) in [6.07, 6.45) is 1.94. The van der Waals surface area contributed by atoms with Gasteiger partial charge in [0.1, 0.15) is 11.8 Å². The summed E-state index contributed by atoms with van der Waals surface area (Å²) in [5, 5.41) is 10.1. The van der Waals surface area contributed by atoms with Gasteiger partial charge < -0.3 is 19.1 Å². The summed E-state index contributed by atoms with van der Waals surface area (Å²) in [5.74, 6) is 1.63. The average Bonchev–Trinajstić information content (AvgIpc) is 2.57. The Labute approximate surface area is 143 Å². The molecular weight excluding hydrogens is 302 g/mol. The van der Waals surface area contributed by atoms with Gasteiger partial charge in [-0.05, 0) is 41.5 Å². The molecule has 0 aromatic heterocycles. The molecule has 1 N–H and O–H groups in total. The minimum absolute atomic E-state index is 0.200. The van der Waals surface area contributed by atoms with E-state index < -0.39 is 0 Å². The number of phenolic OH excluding ortho intramolecular Hbond substituents is 1. The molecule has 0 unspecified atom stereocenters. The molecule has 0 spiro atoms. The first-order valence-electron chi connectivity index (χ1n) is 8.30. The lowest BCUT2D eigenvalue weighted by atomic mass is 9.87. The molecule has 128 valence electrons. The second-order valence-corrected chi connectivity index (χ2v) is 7.04. The zero-order valence-corrected chi connectivity index (χ0v) is 14.9. The predicted octanol–water partition coefficient (Wildman–Crippen LogP) is 3.33. The van der Waals surface area contributed by atoms with Crippen LogP contribution in [0.4, 0.5) is 0 Å². The third-order valence-corrected chi connectivity index (χ3v) is 5.18. The molecule has 1 aliphatic rings. The van der Waals surface area contributed by atoms with Crippen LogP contribution >= 0.6 is 0 Å². The van der Waals surface area contributed by atoms with E-state index in [2.05, 4.69) is 26.2 Å². The Morgan fingerprint density at radius 2 is 1.88 bits per heavy atom. The van der Waals surface area contributed by atoms with E-state index in [1.807, 2.05) is 24.3 Å². The highest BCUT2D eigenvalue weighted by molar-refractivity contribution is 5.43. The molecule has 24 heavy (non-hydrogen) atoms. The molecule has 4 nitrogen and oxygen atoms in total. The van der Waals surface area contributed by atoms with E-state index in [0.29, 0.717) is 11.8 Å². The van der Waals surface area contributed by atoms with Crippen LogP contribution in [0.2, 0.25) is 0 Å². The number of aromatic hydroxyl groups is 1. The van der Waals surface area contributed by atoms with E-state index in [0.717, 1.165) is 35.2 Å². The molecule has 4 heteroatoms. The normalized spacial score (nSPS) is 18.8. The number of hydrogen-bond acceptors (Lipinski definition) is 3. The zero-order valence-electron chi connectivity index (χ0n) is 14.9. The standard InChI is InChI=1S/C20H25NO3/c1-21(2)10-9-15-13-16(23-3)6-7-17(15)18(21)11-14-5-8-20(24-4)19(22)12-14/h5-8,12-13,18H,9-11H2,1-4H3/p+1/t18-/m0/s1. The lowest BCUT2D eigenvalue weighted by molar-refractivity contribution is -0.923. The van der Waals surface area contributed by atoms with Crippen LogP contribution in [-0.2, 0) is 12.8 Å². The minimum Gasteiger partial charge on any atom is -0.504 e. The van der Waals surface area contributed by atoms with Gasteiger partial charge in [0, 0.05) is 18.4 Å². The van der Waals surface area contributed by atoms with E-state index in [-0.39, 0.29) is 5.75 Å². The number of quaternary nitrogens is 1. The minimum atomic E-state index is 0.200. The molecule has 0 saturated carbocycles. The second-order valence-electron chi connectivity index (χ2n) is 7.04. The Balaban J connectivity index is 1.95. The number of ether oxygens (including phenoxy) is 2. The Morgan fingerprint density at radius 3 is 2.54 bits per heavy atom. The number of fused-ring (bicyclic) bond motifs is 1. The summed E-state index contributed by atoms with van der Waals surface area (Å²) in [7, 11) is 7.84. The van der Waals surface area contributed by atoms with Crippen LogP contribution in [0.25, 0.3) is 0 Å². The zero-order chi connectivity index (χ0) is 17.3. The smallest absolute Gasteiger partial charge is 0.160 e. The molecule has 1 atom stereocenters. The fraction of sp³-hybridized carbons (Fsp3) is 0.400. The van der Waals surface area contributed by atoms with Gasteiger partial charge in [0.05, 0.1) is 34.9 Å². The Hall–Kier alpha value is -2.20. The fourth-order valence-corrected chi connectivity index (χ4v) is 3.63. The predicted molar refractivity (Wildman–Crippen MR) is 94.8 cm³/mol. The number of phenols is 1. The third kappa shape index (κ3) is 3.06. The van der Waals surface area contributed by atoms with Crippen LogP contribution in [0.1, 0.15) is 22.7 Å². The largest absolute Gasteiger partial charge is 0.504 e. The number of likely N-dealkylation sites (N-methyl/N-ethyl adjacent to an activating group) is 1. The highest BCUT2D eigenvalue weighted by Crippen LogP contribution is 2.38. The summed E-state index contributed by atoms with van der Waals surface area (Å²) in [6.45, 7) is 1.09. The van der Waals surface area contributed by atoms with E-state index in [1.54, 1.807) is 14.2 Å². The molecule has 3 rings (SSSR count). The van der Waals surface area contributed by atoms with Crippen molar-refractivity contribution in [3.05, 3.63) is 53.1 Å². The van der Waals surface area contributed by atoms with Crippen molar-refractivity contribution in [1.29, 1.82) is 0 Å². The summed E-state index contributed by atoms with van der Waals surface area (Å²) < 4.78 is 11.5. The van der Waals surface area contributed by atoms with Gasteiger partial charge in [-0.25, -0.2) is 0 Å². The third-order valence-electron chi connectivity index (χ3n) is 5.18. The summed E-state index contributed by atoms with van der Waals surface area (Å²) >= 11 is 0.